The Morgan fingerprint density at radius 1 is 1.12 bits per heavy atom. The average Bonchev–Trinajstić information content (AvgIpc) is 3.50. The lowest BCUT2D eigenvalue weighted by molar-refractivity contribution is 0.0941. The number of ether oxygens (including phenoxy) is 2. The molecule has 0 bridgehead atoms. The number of rotatable bonds is 6. The van der Waals surface area contributed by atoms with Crippen LogP contribution in [0.4, 0.5) is 0 Å². The number of amides is 1. The van der Waals surface area contributed by atoms with Crippen molar-refractivity contribution >= 4 is 16.8 Å². The number of aryl methyl sites for hydroxylation is 2. The van der Waals surface area contributed by atoms with Crippen LogP contribution in [0.15, 0.2) is 53.6 Å². The Kier molecular flexibility index (Phi) is 5.53. The molecular formula is C25H25N5O4. The van der Waals surface area contributed by atoms with Gasteiger partial charge in [-0.3, -0.25) is 14.2 Å². The molecule has 9 heteroatoms. The van der Waals surface area contributed by atoms with E-state index in [0.717, 1.165) is 24.2 Å². The molecule has 1 aliphatic heterocycles. The molecule has 1 amide bonds. The van der Waals surface area contributed by atoms with Crippen molar-refractivity contribution in [2.75, 3.05) is 14.2 Å². The summed E-state index contributed by atoms with van der Waals surface area (Å²) in [4.78, 5) is 35.3. The third-order valence-corrected chi connectivity index (χ3v) is 6.18. The molecule has 174 valence electrons. The number of benzene rings is 2. The smallest absolute Gasteiger partial charge is 0.261 e. The fraction of sp³-hybridized carbons (Fsp3) is 0.280. The third-order valence-electron chi connectivity index (χ3n) is 6.18. The molecule has 0 spiro atoms. The van der Waals surface area contributed by atoms with Crippen molar-refractivity contribution in [2.24, 2.45) is 7.05 Å². The highest BCUT2D eigenvalue weighted by Crippen LogP contribution is 2.30. The van der Waals surface area contributed by atoms with E-state index in [9.17, 15) is 9.59 Å². The van der Waals surface area contributed by atoms with Gasteiger partial charge in [0.15, 0.2) is 0 Å². The SMILES string of the molecule is COc1cc(OC)cc(C(NC(=O)c2ccc3c(=O)n4c(nc3c2)CCC4)c2nccn2C)c1. The molecular weight excluding hydrogens is 434 g/mol. The summed E-state index contributed by atoms with van der Waals surface area (Å²) in [5, 5.41) is 3.60. The highest BCUT2D eigenvalue weighted by Gasteiger charge is 2.24. The van der Waals surface area contributed by atoms with Crippen molar-refractivity contribution in [2.45, 2.75) is 25.4 Å². The summed E-state index contributed by atoms with van der Waals surface area (Å²) in [5.41, 5.74) is 1.64. The molecule has 1 unspecified atom stereocenters. The molecule has 34 heavy (non-hydrogen) atoms. The van der Waals surface area contributed by atoms with E-state index in [-0.39, 0.29) is 11.5 Å². The zero-order valence-corrected chi connectivity index (χ0v) is 19.2. The Hall–Kier alpha value is -4.14. The number of fused-ring (bicyclic) bond motifs is 2. The van der Waals surface area contributed by atoms with Gasteiger partial charge in [0.1, 0.15) is 29.2 Å². The van der Waals surface area contributed by atoms with E-state index in [4.69, 9.17) is 9.47 Å². The van der Waals surface area contributed by atoms with E-state index in [1.54, 1.807) is 49.2 Å². The van der Waals surface area contributed by atoms with Gasteiger partial charge in [0.25, 0.3) is 11.5 Å². The predicted molar refractivity (Wildman–Crippen MR) is 126 cm³/mol. The second-order valence-corrected chi connectivity index (χ2v) is 8.27. The third kappa shape index (κ3) is 3.79. The summed E-state index contributed by atoms with van der Waals surface area (Å²) in [6.07, 6.45) is 5.17. The second-order valence-electron chi connectivity index (χ2n) is 8.27. The molecule has 0 saturated heterocycles. The lowest BCUT2D eigenvalue weighted by Gasteiger charge is -2.20. The fourth-order valence-corrected chi connectivity index (χ4v) is 4.39. The van der Waals surface area contributed by atoms with E-state index in [0.29, 0.717) is 40.3 Å². The maximum absolute atomic E-state index is 13.4. The van der Waals surface area contributed by atoms with Gasteiger partial charge < -0.3 is 19.4 Å². The number of nitrogens with one attached hydrogen (secondary N) is 1. The van der Waals surface area contributed by atoms with Gasteiger partial charge in [0, 0.05) is 44.0 Å². The molecule has 5 rings (SSSR count). The molecule has 0 fully saturated rings. The summed E-state index contributed by atoms with van der Waals surface area (Å²) in [5.74, 6) is 2.32. The lowest BCUT2D eigenvalue weighted by Crippen LogP contribution is -2.31. The molecule has 9 nitrogen and oxygen atoms in total. The van der Waals surface area contributed by atoms with Crippen molar-refractivity contribution in [3.8, 4) is 11.5 Å². The Morgan fingerprint density at radius 3 is 2.56 bits per heavy atom. The monoisotopic (exact) mass is 459 g/mol. The largest absolute Gasteiger partial charge is 0.497 e. The topological polar surface area (TPSA) is 100 Å². The van der Waals surface area contributed by atoms with Gasteiger partial charge >= 0.3 is 0 Å². The lowest BCUT2D eigenvalue weighted by atomic mass is 10.0. The minimum atomic E-state index is -0.564. The molecule has 1 atom stereocenters. The number of hydrogen-bond donors (Lipinski definition) is 1. The Balaban J connectivity index is 1.54. The molecule has 0 aliphatic carbocycles. The van der Waals surface area contributed by atoms with Gasteiger partial charge in [-0.2, -0.15) is 0 Å². The van der Waals surface area contributed by atoms with E-state index in [1.807, 2.05) is 29.9 Å². The number of hydrogen-bond acceptors (Lipinski definition) is 6. The Bertz CT molecular complexity index is 1430. The first kappa shape index (κ1) is 21.7. The molecule has 1 aliphatic rings. The number of carbonyl (C=O) groups is 1. The predicted octanol–water partition coefficient (Wildman–Crippen LogP) is 2.61. The fourth-order valence-electron chi connectivity index (χ4n) is 4.39. The van der Waals surface area contributed by atoms with Crippen LogP contribution >= 0.6 is 0 Å². The number of imidazole rings is 1. The van der Waals surface area contributed by atoms with Crippen LogP contribution in [0, 0.1) is 0 Å². The zero-order valence-electron chi connectivity index (χ0n) is 19.2. The summed E-state index contributed by atoms with van der Waals surface area (Å²) in [6.45, 7) is 0.689. The molecule has 2 aromatic heterocycles. The van der Waals surface area contributed by atoms with Gasteiger partial charge in [-0.25, -0.2) is 9.97 Å². The van der Waals surface area contributed by atoms with Gasteiger partial charge in [-0.1, -0.05) is 0 Å². The van der Waals surface area contributed by atoms with E-state index < -0.39 is 6.04 Å². The van der Waals surface area contributed by atoms with Crippen molar-refractivity contribution in [1.29, 1.82) is 0 Å². The average molecular weight is 460 g/mol. The van der Waals surface area contributed by atoms with Crippen molar-refractivity contribution in [1.82, 2.24) is 24.4 Å². The maximum atomic E-state index is 13.4. The molecule has 0 saturated carbocycles. The van der Waals surface area contributed by atoms with E-state index in [2.05, 4.69) is 15.3 Å². The second kappa shape index (κ2) is 8.66. The van der Waals surface area contributed by atoms with Crippen LogP contribution in [-0.2, 0) is 20.0 Å². The number of carbonyl (C=O) groups excluding carboxylic acids is 1. The van der Waals surface area contributed by atoms with Crippen LogP contribution in [0.3, 0.4) is 0 Å². The van der Waals surface area contributed by atoms with Crippen LogP contribution in [0.2, 0.25) is 0 Å². The first-order valence-electron chi connectivity index (χ1n) is 11.0. The van der Waals surface area contributed by atoms with Gasteiger partial charge in [0.2, 0.25) is 0 Å². The maximum Gasteiger partial charge on any atom is 0.261 e. The van der Waals surface area contributed by atoms with Crippen molar-refractivity contribution in [3.63, 3.8) is 0 Å². The van der Waals surface area contributed by atoms with Crippen LogP contribution in [0.5, 0.6) is 11.5 Å². The van der Waals surface area contributed by atoms with Gasteiger partial charge in [0.05, 0.1) is 25.1 Å². The number of methoxy groups -OCH3 is 2. The Labute approximate surface area is 196 Å². The summed E-state index contributed by atoms with van der Waals surface area (Å²) in [7, 11) is 5.02. The minimum absolute atomic E-state index is 0.0566. The summed E-state index contributed by atoms with van der Waals surface area (Å²) < 4.78 is 14.4. The zero-order chi connectivity index (χ0) is 23.8. The highest BCUT2D eigenvalue weighted by atomic mass is 16.5. The van der Waals surface area contributed by atoms with Crippen LogP contribution in [0.25, 0.3) is 10.9 Å². The van der Waals surface area contributed by atoms with Gasteiger partial charge in [-0.15, -0.1) is 0 Å². The van der Waals surface area contributed by atoms with Gasteiger partial charge in [-0.05, 0) is 42.3 Å². The van der Waals surface area contributed by atoms with Crippen molar-refractivity contribution < 1.29 is 14.3 Å². The molecule has 1 N–H and O–H groups in total. The first-order valence-corrected chi connectivity index (χ1v) is 11.0. The molecule has 4 aromatic rings. The van der Waals surface area contributed by atoms with Crippen LogP contribution < -0.4 is 20.3 Å². The molecule has 0 radical (unpaired) electrons. The minimum Gasteiger partial charge on any atom is -0.497 e. The van der Waals surface area contributed by atoms with Crippen LogP contribution in [0.1, 0.15) is 40.0 Å². The standard InChI is InChI=1S/C25H25N5O4/c1-29-10-8-26-23(29)22(16-11-17(33-2)14-18(12-16)34-3)28-24(31)15-6-7-19-20(13-15)27-21-5-4-9-30(21)25(19)32/h6-8,10-14,22H,4-5,9H2,1-3H3,(H,28,31). The summed E-state index contributed by atoms with van der Waals surface area (Å²) >= 11 is 0. The van der Waals surface area contributed by atoms with Crippen molar-refractivity contribution in [3.05, 3.63) is 81.9 Å². The molecule has 2 aromatic carbocycles. The van der Waals surface area contributed by atoms with E-state index in [1.165, 1.54) is 0 Å². The molecule has 3 heterocycles. The first-order chi connectivity index (χ1) is 16.5. The quantitative estimate of drug-likeness (QED) is 0.476. The highest BCUT2D eigenvalue weighted by molar-refractivity contribution is 5.98. The Morgan fingerprint density at radius 2 is 1.88 bits per heavy atom. The normalized spacial score (nSPS) is 13.5. The summed E-state index contributed by atoms with van der Waals surface area (Å²) in [6, 6.07) is 9.90. The number of aromatic nitrogens is 4. The van der Waals surface area contributed by atoms with E-state index >= 15 is 0 Å². The van der Waals surface area contributed by atoms with Crippen LogP contribution in [-0.4, -0.2) is 39.2 Å². The number of nitrogens with zero attached hydrogens (tertiary/aromatic N) is 4.